The molecule has 4 heteroatoms. The summed E-state index contributed by atoms with van der Waals surface area (Å²) < 4.78 is 11.4. The maximum atomic E-state index is 11.3. The van der Waals surface area contributed by atoms with E-state index in [1.54, 1.807) is 13.3 Å². The number of hydrogen-bond acceptors (Lipinski definition) is 4. The van der Waals surface area contributed by atoms with Crippen molar-refractivity contribution in [1.29, 1.82) is 0 Å². The molecule has 114 valence electrons. The van der Waals surface area contributed by atoms with Crippen LogP contribution in [0.1, 0.15) is 31.2 Å². The summed E-state index contributed by atoms with van der Waals surface area (Å²) in [4.78, 5) is 13.1. The highest BCUT2D eigenvalue weighted by molar-refractivity contribution is 6.06. The largest absolute Gasteiger partial charge is 0.493 e. The third-order valence-corrected chi connectivity index (χ3v) is 3.62. The van der Waals surface area contributed by atoms with Crippen molar-refractivity contribution in [3.63, 3.8) is 0 Å². The first-order valence-electron chi connectivity index (χ1n) is 7.32. The van der Waals surface area contributed by atoms with Crippen LogP contribution >= 0.6 is 0 Å². The number of nitrogens with zero attached hydrogens (tertiary/aromatic N) is 1. The van der Waals surface area contributed by atoms with E-state index in [4.69, 9.17) is 9.47 Å². The molecule has 0 aliphatic heterocycles. The zero-order chi connectivity index (χ0) is 15.2. The van der Waals surface area contributed by atoms with Crippen molar-refractivity contribution in [3.05, 3.63) is 30.0 Å². The first kappa shape index (κ1) is 15.4. The van der Waals surface area contributed by atoms with Gasteiger partial charge in [0, 0.05) is 25.9 Å². The van der Waals surface area contributed by atoms with Gasteiger partial charge in [-0.15, -0.1) is 0 Å². The van der Waals surface area contributed by atoms with Gasteiger partial charge >= 0.3 is 0 Å². The summed E-state index contributed by atoms with van der Waals surface area (Å²) in [5, 5.41) is 0. The maximum absolute atomic E-state index is 11.3. The zero-order valence-corrected chi connectivity index (χ0v) is 13.0. The Hall–Kier alpha value is -1.97. The van der Waals surface area contributed by atoms with E-state index in [0.29, 0.717) is 17.1 Å². The number of methoxy groups -OCH3 is 1. The van der Waals surface area contributed by atoms with Crippen molar-refractivity contribution in [2.24, 2.45) is 0 Å². The number of carbonyl (C=O) groups is 1. The van der Waals surface area contributed by atoms with Crippen molar-refractivity contribution >= 4 is 11.9 Å². The van der Waals surface area contributed by atoms with Crippen LogP contribution in [0.15, 0.2) is 24.4 Å². The summed E-state index contributed by atoms with van der Waals surface area (Å²) in [6, 6.07) is 5.62. The summed E-state index contributed by atoms with van der Waals surface area (Å²) in [6.45, 7) is 0. The van der Waals surface area contributed by atoms with E-state index in [-0.39, 0.29) is 6.10 Å². The molecule has 1 aliphatic rings. The Balaban J connectivity index is 2.29. The molecule has 0 aromatic heterocycles. The van der Waals surface area contributed by atoms with E-state index >= 15 is 0 Å². The zero-order valence-electron chi connectivity index (χ0n) is 13.0. The normalized spacial score (nSPS) is 15.9. The fourth-order valence-electron chi connectivity index (χ4n) is 2.59. The molecule has 21 heavy (non-hydrogen) atoms. The predicted octanol–water partition coefficient (Wildman–Crippen LogP) is 3.12. The van der Waals surface area contributed by atoms with Crippen LogP contribution < -0.4 is 9.47 Å². The number of rotatable bonds is 6. The van der Waals surface area contributed by atoms with Gasteiger partial charge in [-0.1, -0.05) is 6.07 Å². The minimum Gasteiger partial charge on any atom is -0.493 e. The van der Waals surface area contributed by atoms with Gasteiger partial charge in [-0.3, -0.25) is 4.79 Å². The van der Waals surface area contributed by atoms with Crippen LogP contribution in [-0.2, 0) is 4.79 Å². The topological polar surface area (TPSA) is 38.8 Å². The lowest BCUT2D eigenvalue weighted by Gasteiger charge is -2.17. The molecule has 2 rings (SSSR count). The molecular weight excluding hydrogens is 266 g/mol. The highest BCUT2D eigenvalue weighted by Gasteiger charge is 2.19. The number of aldehydes is 1. The van der Waals surface area contributed by atoms with Gasteiger partial charge in [0.25, 0.3) is 0 Å². The van der Waals surface area contributed by atoms with E-state index in [0.717, 1.165) is 24.7 Å². The first-order valence-corrected chi connectivity index (χ1v) is 7.32. The summed E-state index contributed by atoms with van der Waals surface area (Å²) in [5.41, 5.74) is 1.46. The molecule has 0 radical (unpaired) electrons. The third kappa shape index (κ3) is 4.00. The highest BCUT2D eigenvalue weighted by Crippen LogP contribution is 2.33. The Morgan fingerprint density at radius 2 is 1.95 bits per heavy atom. The van der Waals surface area contributed by atoms with E-state index in [2.05, 4.69) is 0 Å². The second kappa shape index (κ2) is 7.16. The molecule has 0 saturated heterocycles. The molecule has 1 aromatic rings. The second-order valence-electron chi connectivity index (χ2n) is 5.56. The van der Waals surface area contributed by atoms with Crippen molar-refractivity contribution in [2.75, 3.05) is 21.2 Å². The van der Waals surface area contributed by atoms with Crippen LogP contribution in [0.25, 0.3) is 5.57 Å². The molecule has 0 bridgehead atoms. The summed E-state index contributed by atoms with van der Waals surface area (Å²) >= 11 is 0. The molecule has 1 saturated carbocycles. The number of hydrogen-bond donors (Lipinski definition) is 0. The van der Waals surface area contributed by atoms with Gasteiger partial charge in [-0.05, 0) is 43.4 Å². The van der Waals surface area contributed by atoms with E-state index in [1.165, 1.54) is 12.8 Å². The lowest BCUT2D eigenvalue weighted by molar-refractivity contribution is -0.103. The smallest absolute Gasteiger partial charge is 0.162 e. The van der Waals surface area contributed by atoms with E-state index in [1.807, 2.05) is 37.2 Å². The Labute approximate surface area is 126 Å². The third-order valence-electron chi connectivity index (χ3n) is 3.62. The lowest BCUT2D eigenvalue weighted by Crippen LogP contribution is -2.12. The van der Waals surface area contributed by atoms with Crippen molar-refractivity contribution < 1.29 is 14.3 Å². The molecule has 0 unspecified atom stereocenters. The Bertz CT molecular complexity index is 517. The van der Waals surface area contributed by atoms with Crippen molar-refractivity contribution in [1.82, 2.24) is 4.90 Å². The van der Waals surface area contributed by atoms with E-state index < -0.39 is 0 Å². The Kier molecular flexibility index (Phi) is 5.26. The predicted molar refractivity (Wildman–Crippen MR) is 83.6 cm³/mol. The quantitative estimate of drug-likeness (QED) is 0.596. The highest BCUT2D eigenvalue weighted by atomic mass is 16.5. The number of carbonyl (C=O) groups excluding carboxylic acids is 1. The fraction of sp³-hybridized carbons (Fsp3) is 0.471. The molecular formula is C17H23NO3. The van der Waals surface area contributed by atoms with Gasteiger partial charge in [0.05, 0.1) is 13.2 Å². The molecule has 1 fully saturated rings. The monoisotopic (exact) mass is 289 g/mol. The Morgan fingerprint density at radius 1 is 1.24 bits per heavy atom. The molecule has 0 N–H and O–H groups in total. The minimum atomic E-state index is 0.256. The van der Waals surface area contributed by atoms with Gasteiger partial charge in [0.1, 0.15) is 0 Å². The van der Waals surface area contributed by atoms with Crippen LogP contribution in [0.3, 0.4) is 0 Å². The van der Waals surface area contributed by atoms with Crippen LogP contribution in [0.4, 0.5) is 0 Å². The van der Waals surface area contributed by atoms with Crippen LogP contribution in [-0.4, -0.2) is 38.5 Å². The van der Waals surface area contributed by atoms with E-state index in [9.17, 15) is 4.79 Å². The second-order valence-corrected chi connectivity index (χ2v) is 5.56. The van der Waals surface area contributed by atoms with Crippen molar-refractivity contribution in [3.8, 4) is 11.5 Å². The van der Waals surface area contributed by atoms with Gasteiger partial charge in [-0.25, -0.2) is 0 Å². The van der Waals surface area contributed by atoms with Gasteiger partial charge < -0.3 is 14.4 Å². The number of benzene rings is 1. The first-order chi connectivity index (χ1) is 10.1. The molecule has 0 atom stereocenters. The van der Waals surface area contributed by atoms with Gasteiger partial charge in [0.15, 0.2) is 17.8 Å². The number of allylic oxidation sites excluding steroid dienone is 1. The Morgan fingerprint density at radius 3 is 2.52 bits per heavy atom. The number of ether oxygens (including phenoxy) is 2. The average Bonchev–Trinajstić information content (AvgIpc) is 2.97. The molecule has 1 aliphatic carbocycles. The summed E-state index contributed by atoms with van der Waals surface area (Å²) in [6.07, 6.45) is 7.52. The van der Waals surface area contributed by atoms with Crippen LogP contribution in [0.5, 0.6) is 11.5 Å². The van der Waals surface area contributed by atoms with Crippen molar-refractivity contribution in [2.45, 2.75) is 31.8 Å². The molecule has 0 amide bonds. The summed E-state index contributed by atoms with van der Waals surface area (Å²) in [5.74, 6) is 1.43. The molecule has 1 aromatic carbocycles. The average molecular weight is 289 g/mol. The maximum Gasteiger partial charge on any atom is 0.162 e. The fourth-order valence-corrected chi connectivity index (χ4v) is 2.59. The SMILES string of the molecule is COc1ccc(C(C=O)=CN(C)C)cc1OC1CCCC1. The standard InChI is InChI=1S/C17H23NO3/c1-18(2)11-14(12-19)13-8-9-16(20-3)17(10-13)21-15-6-4-5-7-15/h8-12,15H,4-7H2,1-3H3. The lowest BCUT2D eigenvalue weighted by atomic mass is 10.1. The molecule has 0 spiro atoms. The molecule has 0 heterocycles. The molecule has 4 nitrogen and oxygen atoms in total. The summed E-state index contributed by atoms with van der Waals surface area (Å²) in [7, 11) is 5.42. The minimum absolute atomic E-state index is 0.256. The van der Waals surface area contributed by atoms with Crippen LogP contribution in [0.2, 0.25) is 0 Å². The van der Waals surface area contributed by atoms with Gasteiger partial charge in [-0.2, -0.15) is 0 Å². The van der Waals surface area contributed by atoms with Gasteiger partial charge in [0.2, 0.25) is 0 Å². The van der Waals surface area contributed by atoms with Crippen LogP contribution in [0, 0.1) is 0 Å².